The zero-order valence-corrected chi connectivity index (χ0v) is 12.9. The molecule has 1 aromatic heterocycles. The number of rotatable bonds is 2. The monoisotopic (exact) mass is 342 g/mol. The zero-order valence-electron chi connectivity index (χ0n) is 12.0. The van der Waals surface area contributed by atoms with Crippen molar-refractivity contribution >= 4 is 33.8 Å². The highest BCUT2D eigenvalue weighted by Crippen LogP contribution is 2.38. The smallest absolute Gasteiger partial charge is 0.287 e. The summed E-state index contributed by atoms with van der Waals surface area (Å²) in [7, 11) is 0. The molecule has 0 spiro atoms. The van der Waals surface area contributed by atoms with E-state index >= 15 is 0 Å². The van der Waals surface area contributed by atoms with Crippen molar-refractivity contribution in [3.8, 4) is 0 Å². The predicted octanol–water partition coefficient (Wildman–Crippen LogP) is 3.21. The maximum atomic E-state index is 14.3. The van der Waals surface area contributed by atoms with Crippen molar-refractivity contribution in [2.45, 2.75) is 19.3 Å². The number of hydrogen-bond acceptors (Lipinski definition) is 6. The highest BCUT2D eigenvalue weighted by molar-refractivity contribution is 8.14. The lowest BCUT2D eigenvalue weighted by atomic mass is 10.1. The van der Waals surface area contributed by atoms with E-state index in [0.717, 1.165) is 11.8 Å². The third-order valence-corrected chi connectivity index (χ3v) is 4.94. The molecule has 2 saturated heterocycles. The standard InChI is InChI=1S/C14H12F2N2O4S/c1-6-5-23-14(19)18(6)12-8-4-7(13-20-2-3-21-13)9(15)10(16)11(8)22-17-12/h4,6,13H,2-3,5H2,1H3/t6-/m0/s1. The Balaban J connectivity index is 1.89. The predicted molar refractivity (Wildman–Crippen MR) is 78.4 cm³/mol. The van der Waals surface area contributed by atoms with E-state index in [9.17, 15) is 13.6 Å². The van der Waals surface area contributed by atoms with Crippen LogP contribution in [0.4, 0.5) is 19.4 Å². The van der Waals surface area contributed by atoms with Gasteiger partial charge < -0.3 is 14.0 Å². The molecule has 0 bridgehead atoms. The molecule has 3 heterocycles. The quantitative estimate of drug-likeness (QED) is 0.835. The number of fused-ring (bicyclic) bond motifs is 1. The Labute approximate surface area is 133 Å². The number of aromatic nitrogens is 1. The van der Waals surface area contributed by atoms with Gasteiger partial charge in [-0.2, -0.15) is 4.39 Å². The highest BCUT2D eigenvalue weighted by atomic mass is 32.2. The molecule has 0 saturated carbocycles. The van der Waals surface area contributed by atoms with Crippen LogP contribution in [0.3, 0.4) is 0 Å². The van der Waals surface area contributed by atoms with Gasteiger partial charge in [0.25, 0.3) is 5.24 Å². The van der Waals surface area contributed by atoms with Crippen LogP contribution in [0.25, 0.3) is 11.0 Å². The van der Waals surface area contributed by atoms with E-state index in [0.29, 0.717) is 19.0 Å². The summed E-state index contributed by atoms with van der Waals surface area (Å²) >= 11 is 1.15. The second kappa shape index (κ2) is 5.43. The summed E-state index contributed by atoms with van der Waals surface area (Å²) in [6, 6.07) is 1.26. The van der Waals surface area contributed by atoms with Crippen LogP contribution < -0.4 is 4.90 Å². The fourth-order valence-electron chi connectivity index (χ4n) is 2.72. The minimum absolute atomic E-state index is 0.0658. The van der Waals surface area contributed by atoms with Crippen LogP contribution in [-0.4, -0.2) is 35.4 Å². The van der Waals surface area contributed by atoms with E-state index in [-0.39, 0.29) is 33.6 Å². The molecule has 23 heavy (non-hydrogen) atoms. The van der Waals surface area contributed by atoms with Gasteiger partial charge in [0.05, 0.1) is 18.6 Å². The molecule has 4 rings (SSSR count). The summed E-state index contributed by atoms with van der Waals surface area (Å²) in [6.45, 7) is 2.46. The molecular weight excluding hydrogens is 330 g/mol. The lowest BCUT2D eigenvalue weighted by molar-refractivity contribution is -0.0467. The molecule has 0 radical (unpaired) electrons. The topological polar surface area (TPSA) is 64.8 Å². The van der Waals surface area contributed by atoms with Gasteiger partial charge in [-0.05, 0) is 13.0 Å². The molecule has 0 aliphatic carbocycles. The molecule has 2 aliphatic heterocycles. The molecule has 1 atom stereocenters. The van der Waals surface area contributed by atoms with E-state index in [1.54, 1.807) is 0 Å². The number of halogens is 2. The molecule has 1 amide bonds. The van der Waals surface area contributed by atoms with Crippen LogP contribution in [0.15, 0.2) is 10.6 Å². The summed E-state index contributed by atoms with van der Waals surface area (Å²) in [4.78, 5) is 13.4. The van der Waals surface area contributed by atoms with E-state index in [4.69, 9.17) is 14.0 Å². The number of thioether (sulfide) groups is 1. The van der Waals surface area contributed by atoms with Gasteiger partial charge in [-0.15, -0.1) is 0 Å². The maximum Gasteiger partial charge on any atom is 0.287 e. The Kier molecular flexibility index (Phi) is 3.51. The Morgan fingerprint density at radius 1 is 1.30 bits per heavy atom. The Morgan fingerprint density at radius 2 is 2.04 bits per heavy atom. The van der Waals surface area contributed by atoms with Crippen molar-refractivity contribution in [1.29, 1.82) is 0 Å². The fourth-order valence-corrected chi connectivity index (χ4v) is 3.66. The zero-order chi connectivity index (χ0) is 16.1. The summed E-state index contributed by atoms with van der Waals surface area (Å²) in [5, 5.41) is 3.80. The number of hydrogen-bond donors (Lipinski definition) is 0. The van der Waals surface area contributed by atoms with Crippen molar-refractivity contribution in [2.75, 3.05) is 23.9 Å². The van der Waals surface area contributed by atoms with E-state index in [1.165, 1.54) is 11.0 Å². The molecule has 0 N–H and O–H groups in total. The molecule has 0 unspecified atom stereocenters. The van der Waals surface area contributed by atoms with Crippen LogP contribution >= 0.6 is 11.8 Å². The summed E-state index contributed by atoms with van der Waals surface area (Å²) in [5.41, 5.74) is -0.389. The third kappa shape index (κ3) is 2.22. The van der Waals surface area contributed by atoms with Crippen molar-refractivity contribution in [3.63, 3.8) is 0 Å². The Bertz CT molecular complexity index is 791. The average Bonchev–Trinajstić information content (AvgIpc) is 3.24. The van der Waals surface area contributed by atoms with Crippen molar-refractivity contribution < 1.29 is 27.6 Å². The van der Waals surface area contributed by atoms with Gasteiger partial charge in [0, 0.05) is 17.4 Å². The van der Waals surface area contributed by atoms with Crippen molar-refractivity contribution in [1.82, 2.24) is 5.16 Å². The molecule has 2 aromatic rings. The first-order chi connectivity index (χ1) is 11.1. The number of nitrogens with zero attached hydrogens (tertiary/aromatic N) is 2. The van der Waals surface area contributed by atoms with E-state index < -0.39 is 17.9 Å². The molecule has 2 fully saturated rings. The average molecular weight is 342 g/mol. The van der Waals surface area contributed by atoms with Gasteiger partial charge in [0.1, 0.15) is 0 Å². The first-order valence-electron chi connectivity index (χ1n) is 7.04. The van der Waals surface area contributed by atoms with Gasteiger partial charge in [0.2, 0.25) is 11.4 Å². The Morgan fingerprint density at radius 3 is 2.70 bits per heavy atom. The number of amides is 1. The first kappa shape index (κ1) is 14.9. The van der Waals surface area contributed by atoms with Crippen LogP contribution in [-0.2, 0) is 9.47 Å². The molecule has 1 aromatic carbocycles. The normalized spacial score (nSPS) is 22.7. The lowest BCUT2D eigenvalue weighted by Crippen LogP contribution is -2.30. The van der Waals surface area contributed by atoms with Crippen LogP contribution in [0.5, 0.6) is 0 Å². The first-order valence-corrected chi connectivity index (χ1v) is 8.03. The lowest BCUT2D eigenvalue weighted by Gasteiger charge is -2.17. The second-order valence-electron chi connectivity index (χ2n) is 5.35. The SMILES string of the molecule is C[C@H]1CSC(=O)N1c1noc2c(F)c(F)c(C3OCCO3)cc12. The fraction of sp³-hybridized carbons (Fsp3) is 0.429. The number of ether oxygens (including phenoxy) is 2. The van der Waals surface area contributed by atoms with Gasteiger partial charge in [-0.3, -0.25) is 9.69 Å². The Hall–Kier alpha value is -1.71. The van der Waals surface area contributed by atoms with E-state index in [1.807, 2.05) is 6.92 Å². The minimum Gasteiger partial charge on any atom is -0.351 e. The van der Waals surface area contributed by atoms with Gasteiger partial charge >= 0.3 is 0 Å². The molecular formula is C14H12F2N2O4S. The number of carbonyl (C=O) groups excluding carboxylic acids is 1. The third-order valence-electron chi connectivity index (χ3n) is 3.84. The van der Waals surface area contributed by atoms with Gasteiger partial charge in [0.15, 0.2) is 17.9 Å². The van der Waals surface area contributed by atoms with Crippen LogP contribution in [0, 0.1) is 11.6 Å². The second-order valence-corrected chi connectivity index (χ2v) is 6.32. The van der Waals surface area contributed by atoms with Gasteiger partial charge in [-0.25, -0.2) is 4.39 Å². The van der Waals surface area contributed by atoms with Crippen molar-refractivity contribution in [2.24, 2.45) is 0 Å². The summed E-state index contributed by atoms with van der Waals surface area (Å²) in [5.74, 6) is -1.48. The number of anilines is 1. The van der Waals surface area contributed by atoms with Crippen molar-refractivity contribution in [3.05, 3.63) is 23.3 Å². The number of benzene rings is 1. The number of carbonyl (C=O) groups is 1. The largest absolute Gasteiger partial charge is 0.351 e. The summed E-state index contributed by atoms with van der Waals surface area (Å²) < 4.78 is 43.9. The minimum atomic E-state index is -1.16. The van der Waals surface area contributed by atoms with Gasteiger partial charge in [-0.1, -0.05) is 16.9 Å². The van der Waals surface area contributed by atoms with Crippen LogP contribution in [0.1, 0.15) is 18.8 Å². The summed E-state index contributed by atoms with van der Waals surface area (Å²) in [6.07, 6.45) is -0.974. The highest BCUT2D eigenvalue weighted by Gasteiger charge is 2.35. The maximum absolute atomic E-state index is 14.3. The van der Waals surface area contributed by atoms with E-state index in [2.05, 4.69) is 5.16 Å². The van der Waals surface area contributed by atoms with Crippen LogP contribution in [0.2, 0.25) is 0 Å². The molecule has 9 heteroatoms. The molecule has 122 valence electrons. The molecule has 2 aliphatic rings. The molecule has 6 nitrogen and oxygen atoms in total.